The molecule has 9 N–H and O–H groups in total. The number of unbranched alkanes of at least 4 members (excludes halogenated alkanes) is 31. The van der Waals surface area contributed by atoms with Crippen molar-refractivity contribution < 1.29 is 64.6 Å². The molecule has 2 aliphatic heterocycles. The summed E-state index contributed by atoms with van der Waals surface area (Å²) in [6.07, 6.45) is 33.7. The summed E-state index contributed by atoms with van der Waals surface area (Å²) in [6, 6.07) is -0.927. The van der Waals surface area contributed by atoms with Crippen molar-refractivity contribution >= 4 is 5.91 Å². The van der Waals surface area contributed by atoms with E-state index in [4.69, 9.17) is 18.9 Å². The fourth-order valence-electron chi connectivity index (χ4n) is 9.66. The molecule has 0 spiro atoms. The molecule has 2 fully saturated rings. The normalized spacial score (nSPS) is 25.9. The highest BCUT2D eigenvalue weighted by Gasteiger charge is 2.51. The molecule has 418 valence electrons. The predicted octanol–water partition coefficient (Wildman–Crippen LogP) is 9.28. The standard InChI is InChI=1S/C57H107NO13/c1-3-5-7-9-11-13-15-17-19-20-21-22-23-24-25-26-27-28-30-32-34-36-38-40-46(61)45(58-49(62)41-39-37-35-33-31-29-18-16-14-12-10-8-6-4-2)44-68-56-54(67)52(65)55(48(43-60)70-56)71-57-53(66)51(64)50(63)47(42-59)69-57/h30,32,38,40,45-48,50-57,59-61,63-67H,3-29,31,33-37,39,41-44H2,1-2H3,(H,58,62)/b32-30+,40-38+. The van der Waals surface area contributed by atoms with Crippen LogP contribution < -0.4 is 5.32 Å². The van der Waals surface area contributed by atoms with Gasteiger partial charge in [-0.15, -0.1) is 0 Å². The Morgan fingerprint density at radius 2 is 0.901 bits per heavy atom. The molecular formula is C57H107NO13. The van der Waals surface area contributed by atoms with Crippen LogP contribution in [0.25, 0.3) is 0 Å². The van der Waals surface area contributed by atoms with Gasteiger partial charge in [-0.05, 0) is 32.1 Å². The van der Waals surface area contributed by atoms with Gasteiger partial charge in [0.2, 0.25) is 5.91 Å². The molecule has 12 atom stereocenters. The van der Waals surface area contributed by atoms with Crippen LogP contribution in [0.2, 0.25) is 0 Å². The fraction of sp³-hybridized carbons (Fsp3) is 0.912. The first-order valence-corrected chi connectivity index (χ1v) is 29.1. The van der Waals surface area contributed by atoms with E-state index in [0.717, 1.165) is 32.1 Å². The molecule has 0 aromatic carbocycles. The van der Waals surface area contributed by atoms with Crippen LogP contribution in [-0.4, -0.2) is 140 Å². The van der Waals surface area contributed by atoms with Gasteiger partial charge in [0.1, 0.15) is 48.8 Å². The highest BCUT2D eigenvalue weighted by Crippen LogP contribution is 2.30. The van der Waals surface area contributed by atoms with Crippen LogP contribution in [0.5, 0.6) is 0 Å². The molecular weight excluding hydrogens is 907 g/mol. The lowest BCUT2D eigenvalue weighted by Crippen LogP contribution is -2.65. The lowest BCUT2D eigenvalue weighted by molar-refractivity contribution is -0.359. The summed E-state index contributed by atoms with van der Waals surface area (Å²) in [5.74, 6) is -0.247. The molecule has 2 aliphatic rings. The van der Waals surface area contributed by atoms with Gasteiger partial charge in [-0.2, -0.15) is 0 Å². The van der Waals surface area contributed by atoms with Crippen molar-refractivity contribution in [3.05, 3.63) is 24.3 Å². The van der Waals surface area contributed by atoms with Gasteiger partial charge in [0.25, 0.3) is 0 Å². The monoisotopic (exact) mass is 1010 g/mol. The minimum Gasteiger partial charge on any atom is -0.394 e. The summed E-state index contributed by atoms with van der Waals surface area (Å²) in [5, 5.41) is 87.0. The highest BCUT2D eigenvalue weighted by molar-refractivity contribution is 5.76. The van der Waals surface area contributed by atoms with E-state index in [0.29, 0.717) is 12.8 Å². The zero-order chi connectivity index (χ0) is 51.7. The number of carbonyl (C=O) groups is 1. The highest BCUT2D eigenvalue weighted by atomic mass is 16.7. The quantitative estimate of drug-likeness (QED) is 0.0205. The van der Waals surface area contributed by atoms with Crippen molar-refractivity contribution in [3.63, 3.8) is 0 Å². The summed E-state index contributed by atoms with van der Waals surface area (Å²) in [5.41, 5.74) is 0. The first kappa shape index (κ1) is 65.6. The SMILES string of the molecule is CCCCCCCCCCCCCCCCCCC/C=C/CC/C=C/C(O)C(COC1OC(CO)C(OC2OC(CO)C(O)C(O)C2O)C(O)C1O)NC(=O)CCCCCCCCCCCCCCCC. The molecule has 0 bridgehead atoms. The summed E-state index contributed by atoms with van der Waals surface area (Å²) in [4.78, 5) is 13.2. The van der Waals surface area contributed by atoms with Crippen LogP contribution in [0, 0.1) is 0 Å². The molecule has 0 aliphatic carbocycles. The zero-order valence-electron chi connectivity index (χ0n) is 44.7. The Morgan fingerprint density at radius 3 is 1.38 bits per heavy atom. The van der Waals surface area contributed by atoms with Gasteiger partial charge in [-0.25, -0.2) is 0 Å². The molecule has 2 saturated heterocycles. The Labute approximate surface area is 430 Å². The number of aliphatic hydroxyl groups excluding tert-OH is 8. The Kier molecular flexibility index (Phi) is 40.4. The first-order valence-electron chi connectivity index (χ1n) is 29.1. The number of amides is 1. The van der Waals surface area contributed by atoms with Gasteiger partial charge in [-0.1, -0.05) is 224 Å². The van der Waals surface area contributed by atoms with E-state index in [2.05, 4.69) is 31.3 Å². The van der Waals surface area contributed by atoms with Crippen molar-refractivity contribution in [1.29, 1.82) is 0 Å². The number of hydrogen-bond acceptors (Lipinski definition) is 13. The van der Waals surface area contributed by atoms with Crippen LogP contribution in [0.15, 0.2) is 24.3 Å². The topological polar surface area (TPSA) is 228 Å². The third-order valence-corrected chi connectivity index (χ3v) is 14.4. The number of allylic oxidation sites excluding steroid dienone is 3. The number of hydrogen-bond donors (Lipinski definition) is 9. The molecule has 14 heteroatoms. The number of ether oxygens (including phenoxy) is 4. The maximum absolute atomic E-state index is 13.2. The van der Waals surface area contributed by atoms with E-state index in [1.807, 2.05) is 6.08 Å². The second-order valence-corrected chi connectivity index (χ2v) is 20.8. The summed E-state index contributed by atoms with van der Waals surface area (Å²) < 4.78 is 22.7. The largest absolute Gasteiger partial charge is 0.394 e. The average molecular weight is 1010 g/mol. The second kappa shape index (κ2) is 43.7. The number of nitrogens with one attached hydrogen (secondary N) is 1. The minimum absolute atomic E-state index is 0.247. The first-order chi connectivity index (χ1) is 34.6. The molecule has 2 heterocycles. The van der Waals surface area contributed by atoms with E-state index in [-0.39, 0.29) is 18.9 Å². The van der Waals surface area contributed by atoms with E-state index >= 15 is 0 Å². The van der Waals surface area contributed by atoms with Crippen LogP contribution in [0.3, 0.4) is 0 Å². The van der Waals surface area contributed by atoms with E-state index < -0.39 is 86.8 Å². The molecule has 0 saturated carbocycles. The minimum atomic E-state index is -1.79. The molecule has 14 nitrogen and oxygen atoms in total. The molecule has 0 aromatic heterocycles. The van der Waals surface area contributed by atoms with Crippen LogP contribution >= 0.6 is 0 Å². The number of rotatable bonds is 46. The maximum atomic E-state index is 13.2. The van der Waals surface area contributed by atoms with Gasteiger partial charge >= 0.3 is 0 Å². The molecule has 1 amide bonds. The van der Waals surface area contributed by atoms with Gasteiger partial charge in [0.05, 0.1) is 32.0 Å². The maximum Gasteiger partial charge on any atom is 0.220 e. The summed E-state index contributed by atoms with van der Waals surface area (Å²) in [7, 11) is 0. The Morgan fingerprint density at radius 1 is 0.493 bits per heavy atom. The molecule has 71 heavy (non-hydrogen) atoms. The Hall–Kier alpha value is -1.53. The van der Waals surface area contributed by atoms with E-state index in [9.17, 15) is 45.6 Å². The lowest BCUT2D eigenvalue weighted by atomic mass is 9.97. The van der Waals surface area contributed by atoms with Gasteiger partial charge in [0.15, 0.2) is 12.6 Å². The zero-order valence-corrected chi connectivity index (χ0v) is 44.7. The van der Waals surface area contributed by atoms with Crippen LogP contribution in [0.1, 0.15) is 239 Å². The second-order valence-electron chi connectivity index (χ2n) is 20.8. The Balaban J connectivity index is 1.78. The summed E-state index contributed by atoms with van der Waals surface area (Å²) >= 11 is 0. The van der Waals surface area contributed by atoms with Crippen LogP contribution in [-0.2, 0) is 23.7 Å². The van der Waals surface area contributed by atoms with Crippen molar-refractivity contribution in [2.75, 3.05) is 19.8 Å². The number of aliphatic hydroxyl groups is 8. The van der Waals surface area contributed by atoms with Gasteiger partial charge in [0, 0.05) is 6.42 Å². The van der Waals surface area contributed by atoms with E-state index in [1.165, 1.54) is 173 Å². The molecule has 12 unspecified atom stereocenters. The molecule has 0 aromatic rings. The van der Waals surface area contributed by atoms with Gasteiger partial charge in [-0.3, -0.25) is 4.79 Å². The average Bonchev–Trinajstić information content (AvgIpc) is 3.37. The smallest absolute Gasteiger partial charge is 0.220 e. The lowest BCUT2D eigenvalue weighted by Gasteiger charge is -2.46. The third-order valence-electron chi connectivity index (χ3n) is 14.4. The Bertz CT molecular complexity index is 1290. The van der Waals surface area contributed by atoms with Crippen LogP contribution in [0.4, 0.5) is 0 Å². The molecule has 0 radical (unpaired) electrons. The predicted molar refractivity (Wildman–Crippen MR) is 282 cm³/mol. The van der Waals surface area contributed by atoms with Crippen molar-refractivity contribution in [1.82, 2.24) is 5.32 Å². The van der Waals surface area contributed by atoms with E-state index in [1.54, 1.807) is 6.08 Å². The third kappa shape index (κ3) is 30.0. The van der Waals surface area contributed by atoms with Crippen molar-refractivity contribution in [3.8, 4) is 0 Å². The van der Waals surface area contributed by atoms with Crippen molar-refractivity contribution in [2.45, 2.75) is 312 Å². The summed E-state index contributed by atoms with van der Waals surface area (Å²) in [6.45, 7) is 2.79. The van der Waals surface area contributed by atoms with Crippen molar-refractivity contribution in [2.24, 2.45) is 0 Å². The number of carbonyl (C=O) groups excluding carboxylic acids is 1. The molecule has 2 rings (SSSR count). The van der Waals surface area contributed by atoms with Gasteiger partial charge < -0.3 is 65.1 Å². The fourth-order valence-corrected chi connectivity index (χ4v) is 9.66.